The molecule has 0 saturated heterocycles. The highest BCUT2D eigenvalue weighted by molar-refractivity contribution is 5.59. The fraction of sp³-hybridized carbons (Fsp3) is 0.333. The predicted octanol–water partition coefficient (Wildman–Crippen LogP) is 3.36. The van der Waals surface area contributed by atoms with Crippen molar-refractivity contribution < 1.29 is 4.74 Å². The van der Waals surface area contributed by atoms with E-state index in [-0.39, 0.29) is 6.10 Å². The molecule has 0 amide bonds. The number of nitrogens with zero attached hydrogens (tertiary/aromatic N) is 2. The molecular weight excluding hydrogens is 238 g/mol. The number of hydrogen-bond acceptors (Lipinski definition) is 4. The summed E-state index contributed by atoms with van der Waals surface area (Å²) >= 11 is 0. The third-order valence-electron chi connectivity index (χ3n) is 2.48. The van der Waals surface area contributed by atoms with Gasteiger partial charge in [0.25, 0.3) is 0 Å². The lowest BCUT2D eigenvalue weighted by Crippen LogP contribution is -2.05. The minimum atomic E-state index is 0.157. The normalized spacial score (nSPS) is 10.5. The van der Waals surface area contributed by atoms with Gasteiger partial charge in [-0.15, -0.1) is 0 Å². The highest BCUT2D eigenvalue weighted by atomic mass is 16.5. The molecule has 1 aromatic carbocycles. The molecule has 0 radical (unpaired) electrons. The minimum Gasteiger partial charge on any atom is -0.491 e. The fourth-order valence-corrected chi connectivity index (χ4v) is 1.76. The molecule has 0 atom stereocenters. The first-order valence-electron chi connectivity index (χ1n) is 6.53. The third kappa shape index (κ3) is 3.68. The van der Waals surface area contributed by atoms with E-state index < -0.39 is 0 Å². The quantitative estimate of drug-likeness (QED) is 0.892. The number of nitrogens with one attached hydrogen (secondary N) is 1. The molecule has 100 valence electrons. The van der Waals surface area contributed by atoms with E-state index in [1.165, 1.54) is 0 Å². The van der Waals surface area contributed by atoms with Crippen LogP contribution >= 0.6 is 0 Å². The minimum absolute atomic E-state index is 0.157. The van der Waals surface area contributed by atoms with E-state index in [2.05, 4.69) is 15.3 Å². The first kappa shape index (κ1) is 13.3. The molecule has 0 unspecified atom stereocenters. The van der Waals surface area contributed by atoms with Crippen LogP contribution in [0.3, 0.4) is 0 Å². The molecule has 1 N–H and O–H groups in total. The van der Waals surface area contributed by atoms with Crippen LogP contribution in [0.2, 0.25) is 0 Å². The van der Waals surface area contributed by atoms with E-state index >= 15 is 0 Å². The topological polar surface area (TPSA) is 47.0 Å². The van der Waals surface area contributed by atoms with Gasteiger partial charge in [0.1, 0.15) is 11.6 Å². The molecule has 0 aliphatic heterocycles. The van der Waals surface area contributed by atoms with E-state index in [9.17, 15) is 0 Å². The molecule has 0 bridgehead atoms. The van der Waals surface area contributed by atoms with Gasteiger partial charge >= 0.3 is 0 Å². The summed E-state index contributed by atoms with van der Waals surface area (Å²) in [5, 5.41) is 3.18. The van der Waals surface area contributed by atoms with Crippen molar-refractivity contribution in [1.29, 1.82) is 0 Å². The van der Waals surface area contributed by atoms with Crippen LogP contribution in [0.4, 0.5) is 5.82 Å². The van der Waals surface area contributed by atoms with E-state index in [1.807, 2.05) is 51.1 Å². The van der Waals surface area contributed by atoms with Crippen LogP contribution in [0, 0.1) is 0 Å². The van der Waals surface area contributed by atoms with Crippen LogP contribution in [0.5, 0.6) is 5.75 Å². The van der Waals surface area contributed by atoms with Crippen molar-refractivity contribution in [3.8, 4) is 17.1 Å². The molecular formula is C15H19N3O. The summed E-state index contributed by atoms with van der Waals surface area (Å²) in [5.74, 6) is 2.38. The second kappa shape index (κ2) is 6.18. The van der Waals surface area contributed by atoms with Gasteiger partial charge in [-0.2, -0.15) is 0 Å². The number of aromatic nitrogens is 2. The Labute approximate surface area is 113 Å². The number of anilines is 1. The van der Waals surface area contributed by atoms with Crippen molar-refractivity contribution in [3.05, 3.63) is 36.5 Å². The zero-order chi connectivity index (χ0) is 13.7. The molecule has 1 heterocycles. The van der Waals surface area contributed by atoms with Crippen molar-refractivity contribution in [2.45, 2.75) is 26.9 Å². The summed E-state index contributed by atoms with van der Waals surface area (Å²) in [6.07, 6.45) is 1.92. The summed E-state index contributed by atoms with van der Waals surface area (Å²) < 4.78 is 5.68. The summed E-state index contributed by atoms with van der Waals surface area (Å²) in [6.45, 7) is 6.90. The van der Waals surface area contributed by atoms with Gasteiger partial charge in [0.2, 0.25) is 0 Å². The van der Waals surface area contributed by atoms with E-state index in [0.717, 1.165) is 23.7 Å². The summed E-state index contributed by atoms with van der Waals surface area (Å²) in [5.41, 5.74) is 0.956. The van der Waals surface area contributed by atoms with Crippen molar-refractivity contribution in [3.63, 3.8) is 0 Å². The Balaban J connectivity index is 2.28. The first-order chi connectivity index (χ1) is 9.19. The maximum Gasteiger partial charge on any atom is 0.161 e. The van der Waals surface area contributed by atoms with Gasteiger partial charge in [-0.05, 0) is 39.0 Å². The first-order valence-corrected chi connectivity index (χ1v) is 6.53. The Morgan fingerprint density at radius 1 is 1.26 bits per heavy atom. The van der Waals surface area contributed by atoms with Gasteiger partial charge in [0, 0.05) is 18.3 Å². The van der Waals surface area contributed by atoms with E-state index in [1.54, 1.807) is 6.20 Å². The van der Waals surface area contributed by atoms with Crippen LogP contribution in [-0.2, 0) is 0 Å². The van der Waals surface area contributed by atoms with Gasteiger partial charge in [0.15, 0.2) is 5.82 Å². The Hall–Kier alpha value is -2.10. The van der Waals surface area contributed by atoms with Gasteiger partial charge in [-0.1, -0.05) is 12.1 Å². The van der Waals surface area contributed by atoms with E-state index in [0.29, 0.717) is 5.82 Å². The average Bonchev–Trinajstić information content (AvgIpc) is 2.39. The molecule has 19 heavy (non-hydrogen) atoms. The monoisotopic (exact) mass is 257 g/mol. The second-order valence-electron chi connectivity index (χ2n) is 4.49. The van der Waals surface area contributed by atoms with Crippen LogP contribution in [-0.4, -0.2) is 22.6 Å². The second-order valence-corrected chi connectivity index (χ2v) is 4.49. The SMILES string of the molecule is CCNc1ccnc(-c2cccc(OC(C)C)c2)n1. The largest absolute Gasteiger partial charge is 0.491 e. The van der Waals surface area contributed by atoms with Crippen molar-refractivity contribution in [2.75, 3.05) is 11.9 Å². The molecule has 2 aromatic rings. The predicted molar refractivity (Wildman–Crippen MR) is 77.4 cm³/mol. The van der Waals surface area contributed by atoms with Gasteiger partial charge in [-0.25, -0.2) is 9.97 Å². The highest BCUT2D eigenvalue weighted by Crippen LogP contribution is 2.22. The van der Waals surface area contributed by atoms with Crippen LogP contribution in [0.25, 0.3) is 11.4 Å². The average molecular weight is 257 g/mol. The number of hydrogen-bond donors (Lipinski definition) is 1. The zero-order valence-corrected chi connectivity index (χ0v) is 11.6. The van der Waals surface area contributed by atoms with Crippen molar-refractivity contribution in [2.24, 2.45) is 0 Å². The van der Waals surface area contributed by atoms with Gasteiger partial charge < -0.3 is 10.1 Å². The molecule has 1 aromatic heterocycles. The van der Waals surface area contributed by atoms with E-state index in [4.69, 9.17) is 4.74 Å². The Bertz CT molecular complexity index is 540. The molecule has 0 aliphatic carbocycles. The molecule has 4 nitrogen and oxygen atoms in total. The smallest absolute Gasteiger partial charge is 0.161 e. The Kier molecular flexibility index (Phi) is 4.34. The summed E-state index contributed by atoms with van der Waals surface area (Å²) in [7, 11) is 0. The zero-order valence-electron chi connectivity index (χ0n) is 11.6. The molecule has 2 rings (SSSR count). The van der Waals surface area contributed by atoms with Gasteiger partial charge in [0.05, 0.1) is 6.10 Å². The van der Waals surface area contributed by atoms with Crippen LogP contribution in [0.1, 0.15) is 20.8 Å². The van der Waals surface area contributed by atoms with Crippen molar-refractivity contribution in [1.82, 2.24) is 9.97 Å². The molecule has 4 heteroatoms. The highest BCUT2D eigenvalue weighted by Gasteiger charge is 2.05. The summed E-state index contributed by atoms with van der Waals surface area (Å²) in [6, 6.07) is 9.71. The lowest BCUT2D eigenvalue weighted by molar-refractivity contribution is 0.242. The van der Waals surface area contributed by atoms with Gasteiger partial charge in [-0.3, -0.25) is 0 Å². The maximum absolute atomic E-state index is 5.68. The fourth-order valence-electron chi connectivity index (χ4n) is 1.76. The lowest BCUT2D eigenvalue weighted by atomic mass is 10.2. The Morgan fingerprint density at radius 3 is 2.84 bits per heavy atom. The number of rotatable bonds is 5. The molecule has 0 aliphatic rings. The number of ether oxygens (including phenoxy) is 1. The number of benzene rings is 1. The third-order valence-corrected chi connectivity index (χ3v) is 2.48. The summed E-state index contributed by atoms with van der Waals surface area (Å²) in [4.78, 5) is 8.78. The molecule has 0 spiro atoms. The Morgan fingerprint density at radius 2 is 2.11 bits per heavy atom. The van der Waals surface area contributed by atoms with Crippen LogP contribution in [0.15, 0.2) is 36.5 Å². The standard InChI is InChI=1S/C15H19N3O/c1-4-16-14-8-9-17-15(18-14)12-6-5-7-13(10-12)19-11(2)3/h5-11H,4H2,1-3H3,(H,16,17,18). The van der Waals surface area contributed by atoms with Crippen molar-refractivity contribution >= 4 is 5.82 Å². The maximum atomic E-state index is 5.68. The molecule has 0 saturated carbocycles. The lowest BCUT2D eigenvalue weighted by Gasteiger charge is -2.10. The molecule has 0 fully saturated rings. The van der Waals surface area contributed by atoms with Crippen LogP contribution < -0.4 is 10.1 Å².